The number of benzene rings is 2. The van der Waals surface area contributed by atoms with Gasteiger partial charge in [0.2, 0.25) is 5.91 Å². The normalized spacial score (nSPS) is 11.6. The number of carbonyl (C=O) groups is 1. The summed E-state index contributed by atoms with van der Waals surface area (Å²) in [6.07, 6.45) is 1.33. The van der Waals surface area contributed by atoms with E-state index in [1.165, 1.54) is 0 Å². The number of rotatable bonds is 9. The van der Waals surface area contributed by atoms with Crippen molar-refractivity contribution >= 4 is 11.6 Å². The van der Waals surface area contributed by atoms with E-state index >= 15 is 0 Å². The predicted molar refractivity (Wildman–Crippen MR) is 95.1 cm³/mol. The summed E-state index contributed by atoms with van der Waals surface area (Å²) in [6.45, 7) is 0.265. The van der Waals surface area contributed by atoms with Crippen molar-refractivity contribution in [3.8, 4) is 5.75 Å². The zero-order valence-electron chi connectivity index (χ0n) is 13.9. The number of methoxy groups -OCH3 is 1. The van der Waals surface area contributed by atoms with E-state index in [-0.39, 0.29) is 25.1 Å². The van der Waals surface area contributed by atoms with Crippen LogP contribution in [0.2, 0.25) is 0 Å². The van der Waals surface area contributed by atoms with Crippen LogP contribution in [0, 0.1) is 0 Å². The van der Waals surface area contributed by atoms with Crippen LogP contribution in [0.5, 0.6) is 5.75 Å². The van der Waals surface area contributed by atoms with Crippen molar-refractivity contribution in [1.29, 1.82) is 0 Å². The van der Waals surface area contributed by atoms with Gasteiger partial charge in [-0.05, 0) is 30.5 Å². The molecular formula is C19H24N2O3. The maximum absolute atomic E-state index is 12.3. The first-order chi connectivity index (χ1) is 11.7. The number of carbonyl (C=O) groups excluding carboxylic acids is 1. The highest BCUT2D eigenvalue weighted by molar-refractivity contribution is 5.81. The monoisotopic (exact) mass is 328 g/mol. The fourth-order valence-electron chi connectivity index (χ4n) is 2.51. The zero-order chi connectivity index (χ0) is 17.2. The molecule has 2 aromatic rings. The molecule has 3 N–H and O–H groups in total. The van der Waals surface area contributed by atoms with Gasteiger partial charge in [-0.3, -0.25) is 4.79 Å². The second-order valence-electron chi connectivity index (χ2n) is 5.45. The van der Waals surface area contributed by atoms with Crippen molar-refractivity contribution in [1.82, 2.24) is 5.32 Å². The van der Waals surface area contributed by atoms with Crippen LogP contribution < -0.4 is 15.4 Å². The van der Waals surface area contributed by atoms with Gasteiger partial charge in [0, 0.05) is 6.61 Å². The third-order valence-corrected chi connectivity index (χ3v) is 3.73. The molecule has 0 aliphatic carbocycles. The van der Waals surface area contributed by atoms with Crippen LogP contribution in [-0.4, -0.2) is 31.3 Å². The Bertz CT molecular complexity index is 632. The lowest BCUT2D eigenvalue weighted by atomic mass is 10.0. The molecule has 128 valence electrons. The summed E-state index contributed by atoms with van der Waals surface area (Å²) >= 11 is 0. The largest absolute Gasteiger partial charge is 0.495 e. The maximum Gasteiger partial charge on any atom is 0.239 e. The van der Waals surface area contributed by atoms with Crippen LogP contribution in [-0.2, 0) is 4.79 Å². The first kappa shape index (κ1) is 17.8. The van der Waals surface area contributed by atoms with Gasteiger partial charge < -0.3 is 20.5 Å². The lowest BCUT2D eigenvalue weighted by Crippen LogP contribution is -2.33. The number of para-hydroxylation sites is 2. The maximum atomic E-state index is 12.3. The lowest BCUT2D eigenvalue weighted by molar-refractivity contribution is -0.120. The molecule has 1 atom stereocenters. The molecule has 0 spiro atoms. The van der Waals surface area contributed by atoms with Crippen molar-refractivity contribution in [2.24, 2.45) is 0 Å². The van der Waals surface area contributed by atoms with Gasteiger partial charge in [0.1, 0.15) is 5.75 Å². The molecule has 1 amide bonds. The van der Waals surface area contributed by atoms with Crippen molar-refractivity contribution in [2.45, 2.75) is 18.9 Å². The van der Waals surface area contributed by atoms with Crippen molar-refractivity contribution < 1.29 is 14.6 Å². The molecule has 0 saturated carbocycles. The van der Waals surface area contributed by atoms with Gasteiger partial charge in [0.05, 0.1) is 25.4 Å². The summed E-state index contributed by atoms with van der Waals surface area (Å²) in [5.74, 6) is 0.595. The quantitative estimate of drug-likeness (QED) is 0.662. The first-order valence-electron chi connectivity index (χ1n) is 8.06. The number of hydrogen-bond acceptors (Lipinski definition) is 4. The van der Waals surface area contributed by atoms with E-state index < -0.39 is 0 Å². The highest BCUT2D eigenvalue weighted by Crippen LogP contribution is 2.23. The van der Waals surface area contributed by atoms with E-state index in [4.69, 9.17) is 9.84 Å². The average Bonchev–Trinajstić information content (AvgIpc) is 2.64. The number of hydrogen-bond donors (Lipinski definition) is 3. The molecule has 0 fully saturated rings. The average molecular weight is 328 g/mol. The van der Waals surface area contributed by atoms with Crippen LogP contribution in [0.3, 0.4) is 0 Å². The van der Waals surface area contributed by atoms with Crippen molar-refractivity contribution in [2.75, 3.05) is 25.6 Å². The molecular weight excluding hydrogens is 304 g/mol. The van der Waals surface area contributed by atoms with Gasteiger partial charge in [-0.25, -0.2) is 0 Å². The van der Waals surface area contributed by atoms with Crippen molar-refractivity contribution in [3.63, 3.8) is 0 Å². The van der Waals surface area contributed by atoms with E-state index in [0.717, 1.165) is 11.3 Å². The van der Waals surface area contributed by atoms with Gasteiger partial charge in [-0.15, -0.1) is 0 Å². The number of amides is 1. The Morgan fingerprint density at radius 3 is 2.54 bits per heavy atom. The topological polar surface area (TPSA) is 70.6 Å². The zero-order valence-corrected chi connectivity index (χ0v) is 13.9. The van der Waals surface area contributed by atoms with E-state index in [0.29, 0.717) is 18.6 Å². The molecule has 0 aliphatic rings. The number of nitrogens with one attached hydrogen (secondary N) is 2. The van der Waals surface area contributed by atoms with Crippen LogP contribution in [0.1, 0.15) is 24.4 Å². The molecule has 24 heavy (non-hydrogen) atoms. The standard InChI is InChI=1S/C19H24N2O3/c1-24-18-12-6-5-10-17(18)20-14-19(23)21-16(11-7-13-22)15-8-3-2-4-9-15/h2-6,8-10,12,16,20,22H,7,11,13-14H2,1H3,(H,21,23). The number of aliphatic hydroxyl groups excluding tert-OH is 1. The molecule has 2 rings (SSSR count). The van der Waals surface area contributed by atoms with Gasteiger partial charge in [0.25, 0.3) is 0 Å². The highest BCUT2D eigenvalue weighted by atomic mass is 16.5. The van der Waals surface area contributed by atoms with Gasteiger partial charge >= 0.3 is 0 Å². The van der Waals surface area contributed by atoms with Crippen LogP contribution in [0.15, 0.2) is 54.6 Å². The molecule has 5 heteroatoms. The second-order valence-corrected chi connectivity index (χ2v) is 5.45. The summed E-state index contributed by atoms with van der Waals surface area (Å²) < 4.78 is 5.26. The summed E-state index contributed by atoms with van der Waals surface area (Å²) in [4.78, 5) is 12.3. The minimum atomic E-state index is -0.106. The predicted octanol–water partition coefficient (Wildman–Crippen LogP) is 2.74. The first-order valence-corrected chi connectivity index (χ1v) is 8.06. The number of aliphatic hydroxyl groups is 1. The Labute approximate surface area is 142 Å². The van der Waals surface area contributed by atoms with Crippen LogP contribution in [0.25, 0.3) is 0 Å². The SMILES string of the molecule is COc1ccccc1NCC(=O)NC(CCCO)c1ccccc1. The third kappa shape index (κ3) is 5.28. The fourth-order valence-corrected chi connectivity index (χ4v) is 2.51. The minimum Gasteiger partial charge on any atom is -0.495 e. The Hall–Kier alpha value is -2.53. The molecule has 0 aromatic heterocycles. The lowest BCUT2D eigenvalue weighted by Gasteiger charge is -2.19. The molecule has 0 radical (unpaired) electrons. The molecule has 0 saturated heterocycles. The minimum absolute atomic E-state index is 0.104. The fraction of sp³-hybridized carbons (Fsp3) is 0.316. The Kier molecular flexibility index (Phi) is 7.11. The van der Waals surface area contributed by atoms with E-state index in [1.807, 2.05) is 54.6 Å². The summed E-state index contributed by atoms with van der Waals surface area (Å²) in [6, 6.07) is 17.2. The summed E-state index contributed by atoms with van der Waals surface area (Å²) in [7, 11) is 1.60. The van der Waals surface area contributed by atoms with Crippen LogP contribution >= 0.6 is 0 Å². The van der Waals surface area contributed by atoms with Crippen molar-refractivity contribution in [3.05, 3.63) is 60.2 Å². The second kappa shape index (κ2) is 9.57. The Morgan fingerprint density at radius 2 is 1.83 bits per heavy atom. The Balaban J connectivity index is 1.95. The van der Waals surface area contributed by atoms with Crippen LogP contribution in [0.4, 0.5) is 5.69 Å². The van der Waals surface area contributed by atoms with Gasteiger partial charge in [0.15, 0.2) is 0 Å². The van der Waals surface area contributed by atoms with Gasteiger partial charge in [-0.2, -0.15) is 0 Å². The van der Waals surface area contributed by atoms with E-state index in [2.05, 4.69) is 10.6 Å². The number of anilines is 1. The van der Waals surface area contributed by atoms with E-state index in [1.54, 1.807) is 7.11 Å². The highest BCUT2D eigenvalue weighted by Gasteiger charge is 2.14. The summed E-state index contributed by atoms with van der Waals surface area (Å²) in [5, 5.41) is 15.2. The van der Waals surface area contributed by atoms with E-state index in [9.17, 15) is 4.79 Å². The molecule has 0 heterocycles. The smallest absolute Gasteiger partial charge is 0.239 e. The molecule has 0 bridgehead atoms. The molecule has 1 unspecified atom stereocenters. The Morgan fingerprint density at radius 1 is 1.12 bits per heavy atom. The number of ether oxygens (including phenoxy) is 1. The molecule has 0 aliphatic heterocycles. The molecule has 5 nitrogen and oxygen atoms in total. The summed E-state index contributed by atoms with van der Waals surface area (Å²) in [5.41, 5.74) is 1.82. The molecule has 2 aromatic carbocycles. The van der Waals surface area contributed by atoms with Gasteiger partial charge in [-0.1, -0.05) is 42.5 Å². The third-order valence-electron chi connectivity index (χ3n) is 3.73.